The van der Waals surface area contributed by atoms with Gasteiger partial charge in [0.1, 0.15) is 0 Å². The third-order valence-electron chi connectivity index (χ3n) is 6.13. The monoisotopic (exact) mass is 400 g/mol. The maximum absolute atomic E-state index is 13.4. The lowest BCUT2D eigenvalue weighted by molar-refractivity contribution is -0.118. The molecule has 0 bridgehead atoms. The molecule has 1 aliphatic carbocycles. The number of aromatic nitrogens is 1. The van der Waals surface area contributed by atoms with Crippen LogP contribution < -0.4 is 10.1 Å². The summed E-state index contributed by atoms with van der Waals surface area (Å²) in [6, 6.07) is 13.0. The fourth-order valence-corrected chi connectivity index (χ4v) is 4.84. The molecule has 0 saturated carbocycles. The van der Waals surface area contributed by atoms with Gasteiger partial charge in [0.25, 0.3) is 0 Å². The van der Waals surface area contributed by atoms with Crippen LogP contribution in [0, 0.1) is 5.41 Å². The zero-order valence-corrected chi connectivity index (χ0v) is 17.3. The lowest BCUT2D eigenvalue weighted by atomic mass is 9.68. The number of ketones is 1. The van der Waals surface area contributed by atoms with E-state index in [0.717, 1.165) is 45.3 Å². The number of hydrogen-bond donors (Lipinski definition) is 2. The molecule has 0 unspecified atom stereocenters. The van der Waals surface area contributed by atoms with Gasteiger partial charge in [-0.3, -0.25) is 9.78 Å². The number of carbonyl (C=O) groups excluding carboxylic acids is 1. The SMILES string of the molecule is COc1cc([C@@H]2Nc3ccc4ncccc4c3C3=C2C(=O)CC(C)(C)C3)ccc1O. The van der Waals surface area contributed by atoms with Gasteiger partial charge in [0.05, 0.1) is 18.7 Å². The summed E-state index contributed by atoms with van der Waals surface area (Å²) in [7, 11) is 1.53. The number of rotatable bonds is 2. The molecule has 0 amide bonds. The van der Waals surface area contributed by atoms with Crippen LogP contribution in [0.1, 0.15) is 43.9 Å². The largest absolute Gasteiger partial charge is 0.504 e. The number of nitrogens with zero attached hydrogens (tertiary/aromatic N) is 1. The van der Waals surface area contributed by atoms with E-state index in [1.807, 2.05) is 24.3 Å². The molecule has 0 fully saturated rings. The van der Waals surface area contributed by atoms with E-state index in [-0.39, 0.29) is 23.0 Å². The second kappa shape index (κ2) is 6.59. The van der Waals surface area contributed by atoms with Crippen molar-refractivity contribution in [2.75, 3.05) is 12.4 Å². The molecule has 2 aromatic carbocycles. The minimum atomic E-state index is -0.292. The Morgan fingerprint density at radius 3 is 2.80 bits per heavy atom. The summed E-state index contributed by atoms with van der Waals surface area (Å²) in [5.74, 6) is 0.644. The highest BCUT2D eigenvalue weighted by molar-refractivity contribution is 6.12. The topological polar surface area (TPSA) is 71.5 Å². The van der Waals surface area contributed by atoms with Gasteiger partial charge < -0.3 is 15.2 Å². The molecule has 0 saturated heterocycles. The summed E-state index contributed by atoms with van der Waals surface area (Å²) in [5.41, 5.74) is 5.70. The lowest BCUT2D eigenvalue weighted by Crippen LogP contribution is -2.33. The first-order chi connectivity index (χ1) is 14.4. The number of fused-ring (bicyclic) bond motifs is 4. The number of carbonyl (C=O) groups is 1. The van der Waals surface area contributed by atoms with Crippen LogP contribution in [0.4, 0.5) is 5.69 Å². The van der Waals surface area contributed by atoms with Gasteiger partial charge in [-0.1, -0.05) is 26.0 Å². The van der Waals surface area contributed by atoms with Gasteiger partial charge in [0, 0.05) is 34.8 Å². The van der Waals surface area contributed by atoms with Crippen molar-refractivity contribution in [2.45, 2.75) is 32.7 Å². The van der Waals surface area contributed by atoms with Crippen LogP contribution in [-0.4, -0.2) is 23.0 Å². The lowest BCUT2D eigenvalue weighted by Gasteiger charge is -2.40. The number of anilines is 1. The van der Waals surface area contributed by atoms with E-state index in [9.17, 15) is 9.90 Å². The highest BCUT2D eigenvalue weighted by atomic mass is 16.5. The van der Waals surface area contributed by atoms with E-state index in [1.54, 1.807) is 18.3 Å². The Kier molecular flexibility index (Phi) is 4.10. The number of methoxy groups -OCH3 is 1. The maximum atomic E-state index is 13.4. The van der Waals surface area contributed by atoms with Crippen LogP contribution in [0.3, 0.4) is 0 Å². The number of phenols is 1. The molecule has 5 nitrogen and oxygen atoms in total. The number of hydrogen-bond acceptors (Lipinski definition) is 5. The Morgan fingerprint density at radius 1 is 1.17 bits per heavy atom. The molecule has 1 atom stereocenters. The Bertz CT molecular complexity index is 1230. The molecule has 2 N–H and O–H groups in total. The molecule has 30 heavy (non-hydrogen) atoms. The quantitative estimate of drug-likeness (QED) is 0.614. The molecule has 0 radical (unpaired) electrons. The van der Waals surface area contributed by atoms with Gasteiger partial charge in [-0.25, -0.2) is 0 Å². The predicted molar refractivity (Wildman–Crippen MR) is 118 cm³/mol. The van der Waals surface area contributed by atoms with Crippen LogP contribution in [0.15, 0.2) is 54.2 Å². The molecule has 1 aromatic heterocycles. The van der Waals surface area contributed by atoms with E-state index < -0.39 is 0 Å². The minimum Gasteiger partial charge on any atom is -0.504 e. The van der Waals surface area contributed by atoms with Gasteiger partial charge in [-0.2, -0.15) is 0 Å². The van der Waals surface area contributed by atoms with Crippen LogP contribution in [0.5, 0.6) is 11.5 Å². The average molecular weight is 400 g/mol. The molecule has 1 aliphatic heterocycles. The number of phenolic OH excluding ortho intramolecular Hbond substituents is 1. The van der Waals surface area contributed by atoms with Crippen molar-refractivity contribution in [1.82, 2.24) is 4.98 Å². The number of ether oxygens (including phenoxy) is 1. The number of allylic oxidation sites excluding steroid dienone is 1. The molecular formula is C25H24N2O3. The normalized spacial score (nSPS) is 19.8. The maximum Gasteiger partial charge on any atom is 0.162 e. The first kappa shape index (κ1) is 18.7. The summed E-state index contributed by atoms with van der Waals surface area (Å²) in [5, 5.41) is 14.7. The fourth-order valence-electron chi connectivity index (χ4n) is 4.84. The van der Waals surface area contributed by atoms with Crippen molar-refractivity contribution in [3.8, 4) is 11.5 Å². The minimum absolute atomic E-state index is 0.0832. The number of aromatic hydroxyl groups is 1. The molecule has 152 valence electrons. The Morgan fingerprint density at radius 2 is 2.00 bits per heavy atom. The van der Waals surface area contributed by atoms with Crippen molar-refractivity contribution >= 4 is 27.9 Å². The first-order valence-corrected chi connectivity index (χ1v) is 10.2. The van der Waals surface area contributed by atoms with Crippen molar-refractivity contribution < 1.29 is 14.6 Å². The zero-order chi connectivity index (χ0) is 21.0. The molecular weight excluding hydrogens is 376 g/mol. The molecule has 2 heterocycles. The van der Waals surface area contributed by atoms with Gasteiger partial charge >= 0.3 is 0 Å². The van der Waals surface area contributed by atoms with Crippen LogP contribution in [0.25, 0.3) is 16.5 Å². The van der Waals surface area contributed by atoms with Crippen LogP contribution >= 0.6 is 0 Å². The smallest absolute Gasteiger partial charge is 0.162 e. The number of nitrogens with one attached hydrogen (secondary N) is 1. The number of benzene rings is 2. The van der Waals surface area contributed by atoms with E-state index in [2.05, 4.69) is 30.2 Å². The third kappa shape index (κ3) is 2.84. The van der Waals surface area contributed by atoms with E-state index in [0.29, 0.717) is 12.2 Å². The van der Waals surface area contributed by atoms with Crippen LogP contribution in [0.2, 0.25) is 0 Å². The molecule has 3 aromatic rings. The Balaban J connectivity index is 1.78. The highest BCUT2D eigenvalue weighted by Crippen LogP contribution is 2.52. The zero-order valence-electron chi connectivity index (χ0n) is 17.3. The Labute approximate surface area is 175 Å². The standard InChI is InChI=1S/C25H24N2O3/c1-25(2)12-16-22-15-5-4-10-26-17(15)7-8-18(22)27-24(23(16)20(29)13-25)14-6-9-19(28)21(11-14)30-3/h4-11,24,27-28H,12-13H2,1-3H3/t24-/m0/s1. The summed E-state index contributed by atoms with van der Waals surface area (Å²) in [6.45, 7) is 4.30. The number of pyridine rings is 1. The summed E-state index contributed by atoms with van der Waals surface area (Å²) < 4.78 is 5.31. The molecule has 0 spiro atoms. The predicted octanol–water partition coefficient (Wildman–Crippen LogP) is 5.26. The van der Waals surface area contributed by atoms with E-state index in [1.165, 1.54) is 7.11 Å². The number of Topliss-reactive ketones (excluding diaryl/α,β-unsaturated/α-hetero) is 1. The fraction of sp³-hybridized carbons (Fsp3) is 0.280. The second-order valence-electron chi connectivity index (χ2n) is 8.90. The molecule has 2 aliphatic rings. The van der Waals surface area contributed by atoms with Crippen molar-refractivity contribution in [2.24, 2.45) is 5.41 Å². The first-order valence-electron chi connectivity index (χ1n) is 10.2. The van der Waals surface area contributed by atoms with Gasteiger partial charge in [0.15, 0.2) is 17.3 Å². The van der Waals surface area contributed by atoms with Gasteiger partial charge in [0.2, 0.25) is 0 Å². The van der Waals surface area contributed by atoms with Gasteiger partial charge in [-0.15, -0.1) is 0 Å². The van der Waals surface area contributed by atoms with E-state index in [4.69, 9.17) is 4.74 Å². The van der Waals surface area contributed by atoms with Crippen molar-refractivity contribution in [3.05, 3.63) is 65.4 Å². The van der Waals surface area contributed by atoms with E-state index >= 15 is 0 Å². The summed E-state index contributed by atoms with van der Waals surface area (Å²) in [6.07, 6.45) is 3.13. The summed E-state index contributed by atoms with van der Waals surface area (Å²) >= 11 is 0. The second-order valence-corrected chi connectivity index (χ2v) is 8.90. The highest BCUT2D eigenvalue weighted by Gasteiger charge is 2.41. The average Bonchev–Trinajstić information content (AvgIpc) is 2.72. The van der Waals surface area contributed by atoms with Crippen molar-refractivity contribution in [3.63, 3.8) is 0 Å². The van der Waals surface area contributed by atoms with Crippen molar-refractivity contribution in [1.29, 1.82) is 0 Å². The van der Waals surface area contributed by atoms with Gasteiger partial charge in [-0.05, 0) is 53.3 Å². The Hall–Kier alpha value is -3.34. The van der Waals surface area contributed by atoms with Crippen LogP contribution in [-0.2, 0) is 4.79 Å². The molecule has 5 heteroatoms. The molecule has 5 rings (SSSR count). The summed E-state index contributed by atoms with van der Waals surface area (Å²) in [4.78, 5) is 17.9. The third-order valence-corrected chi connectivity index (χ3v) is 6.13.